The maximum atomic E-state index is 13.2. The average Bonchev–Trinajstić information content (AvgIpc) is 3.56. The Kier molecular flexibility index (Phi) is 8.42. The van der Waals surface area contributed by atoms with Crippen LogP contribution in [0.25, 0.3) is 5.65 Å². The Morgan fingerprint density at radius 2 is 2.09 bits per heavy atom. The van der Waals surface area contributed by atoms with Gasteiger partial charge in [-0.05, 0) is 16.5 Å². The molecule has 3 aromatic heterocycles. The normalized spacial score (nSPS) is 19.2. The van der Waals surface area contributed by atoms with E-state index >= 15 is 0 Å². The number of β-lactam (4-membered cyclic amide) rings is 1. The fourth-order valence-electron chi connectivity index (χ4n) is 4.29. The first-order valence-electron chi connectivity index (χ1n) is 12.5. The minimum Gasteiger partial charge on any atom is -0.478 e. The van der Waals surface area contributed by atoms with Crippen LogP contribution >= 0.6 is 34.9 Å². The van der Waals surface area contributed by atoms with Crippen LogP contribution in [-0.2, 0) is 31.1 Å². The Hall–Kier alpha value is -4.43. The van der Waals surface area contributed by atoms with Crippen molar-refractivity contribution in [2.45, 2.75) is 36.0 Å². The van der Waals surface area contributed by atoms with Crippen LogP contribution in [0.15, 0.2) is 39.4 Å². The predicted octanol–water partition coefficient (Wildman–Crippen LogP) is -0.710. The third kappa shape index (κ3) is 5.79. The van der Waals surface area contributed by atoms with Crippen LogP contribution in [0.1, 0.15) is 19.0 Å². The molecule has 7 N–H and O–H groups in total. The monoisotopic (exact) mass is 649 g/mol. The fraction of sp³-hybridized carbons (Fsp3) is 0.348. The summed E-state index contributed by atoms with van der Waals surface area (Å²) in [7, 11) is 1.80. The number of nitrogen functional groups attached to an aromatic ring is 2. The van der Waals surface area contributed by atoms with Gasteiger partial charge in [-0.3, -0.25) is 14.5 Å². The summed E-state index contributed by atoms with van der Waals surface area (Å²) in [5.74, 6) is -3.34. The first kappa shape index (κ1) is 30.0. The lowest BCUT2D eigenvalue weighted by atomic mass is 10.0. The highest BCUT2D eigenvalue weighted by Crippen LogP contribution is 2.41. The van der Waals surface area contributed by atoms with Gasteiger partial charge in [0.1, 0.15) is 28.6 Å². The number of nitrogens with zero attached hydrogens (tertiary/aromatic N) is 7. The van der Waals surface area contributed by atoms with Gasteiger partial charge in [0.25, 0.3) is 28.9 Å². The first-order valence-corrected chi connectivity index (χ1v) is 15.4. The maximum absolute atomic E-state index is 13.2. The van der Waals surface area contributed by atoms with E-state index in [4.69, 9.17) is 16.3 Å². The van der Waals surface area contributed by atoms with E-state index in [0.29, 0.717) is 16.4 Å². The molecule has 1 fully saturated rings. The second kappa shape index (κ2) is 12.1. The van der Waals surface area contributed by atoms with E-state index in [1.807, 2.05) is 0 Å². The van der Waals surface area contributed by atoms with Crippen molar-refractivity contribution >= 4 is 80.9 Å². The Balaban J connectivity index is 1.34. The average molecular weight is 650 g/mol. The van der Waals surface area contributed by atoms with Crippen LogP contribution in [0.4, 0.5) is 10.9 Å². The van der Waals surface area contributed by atoms with Gasteiger partial charge in [0.2, 0.25) is 6.10 Å². The van der Waals surface area contributed by atoms with Crippen molar-refractivity contribution in [3.63, 3.8) is 0 Å². The molecule has 2 aliphatic rings. The number of fused-ring (bicyclic) bond motifs is 2. The second-order valence-electron chi connectivity index (χ2n) is 9.23. The molecule has 0 bridgehead atoms. The van der Waals surface area contributed by atoms with E-state index in [0.717, 1.165) is 16.2 Å². The Morgan fingerprint density at radius 3 is 2.74 bits per heavy atom. The summed E-state index contributed by atoms with van der Waals surface area (Å²) in [4.78, 5) is 64.7. The van der Waals surface area contributed by atoms with Crippen molar-refractivity contribution in [1.29, 1.82) is 0 Å². The van der Waals surface area contributed by atoms with Crippen LogP contribution in [0.2, 0.25) is 0 Å². The molecule has 0 aliphatic carbocycles. The fourth-order valence-corrected chi connectivity index (χ4v) is 7.29. The summed E-state index contributed by atoms with van der Waals surface area (Å²) in [6.07, 6.45) is 0.352. The minimum atomic E-state index is -1.32. The molecule has 17 nitrogen and oxygen atoms in total. The number of hydrogen-bond acceptors (Lipinski definition) is 14. The number of oxime groups is 1. The molecule has 2 amide bonds. The third-order valence-electron chi connectivity index (χ3n) is 6.41. The van der Waals surface area contributed by atoms with E-state index in [-0.39, 0.29) is 46.0 Å². The number of nitrogens with one attached hydrogen (secondary N) is 1. The lowest BCUT2D eigenvalue weighted by Gasteiger charge is -2.49. The Labute approximate surface area is 255 Å². The van der Waals surface area contributed by atoms with Gasteiger partial charge in [-0.15, -0.1) is 23.1 Å². The van der Waals surface area contributed by atoms with Crippen molar-refractivity contribution in [1.82, 2.24) is 29.8 Å². The Bertz CT molecular complexity index is 1700. The number of rotatable bonds is 11. The molecule has 0 saturated carbocycles. The molecule has 2 aliphatic heterocycles. The molecule has 1 saturated heterocycles. The SMILES string of the molecule is CC[C@@H](O/N=C(\C(=O)NC1C(=O)N2C(C(=O)O)=C(CSc3nc(N)cc4n3nc[n+]4C)CS[C@@H]12)c1csc(N)n1)C(=O)O. The molecule has 0 spiro atoms. The lowest BCUT2D eigenvalue weighted by molar-refractivity contribution is -0.646. The smallest absolute Gasteiger partial charge is 0.352 e. The van der Waals surface area contributed by atoms with Crippen molar-refractivity contribution in [3.8, 4) is 0 Å². The Morgan fingerprint density at radius 1 is 1.33 bits per heavy atom. The van der Waals surface area contributed by atoms with Gasteiger partial charge in [-0.25, -0.2) is 19.1 Å². The topological polar surface area (TPSA) is 245 Å². The summed E-state index contributed by atoms with van der Waals surface area (Å²) in [6.45, 7) is 1.57. The summed E-state index contributed by atoms with van der Waals surface area (Å²) < 4.78 is 3.34. The van der Waals surface area contributed by atoms with Crippen molar-refractivity contribution in [2.75, 3.05) is 23.0 Å². The van der Waals surface area contributed by atoms with Crippen LogP contribution < -0.4 is 21.4 Å². The summed E-state index contributed by atoms with van der Waals surface area (Å²) in [5.41, 5.74) is 12.3. The molecule has 226 valence electrons. The zero-order valence-corrected chi connectivity index (χ0v) is 25.0. The summed E-state index contributed by atoms with van der Waals surface area (Å²) in [6, 6.07) is 0.579. The molecular weight excluding hydrogens is 625 g/mol. The summed E-state index contributed by atoms with van der Waals surface area (Å²) >= 11 is 3.53. The van der Waals surface area contributed by atoms with E-state index in [2.05, 4.69) is 25.5 Å². The third-order valence-corrected chi connectivity index (χ3v) is 9.44. The standard InChI is InChI=1S/C23H24N10O7S3/c1-3-11(20(36)37)40-30-14(10-7-42-22(25)27-10)17(34)29-15-18(35)32-16(21(38)39)9(5-41-19(15)32)6-43-23-28-12(24)4-13-31(2)8-26-33(13)23/h4,7-8,11,15,19,24H,3,5-6H2,1-2H3,(H5,25,27,29,34,36,37,38,39)/p+1/b30-14-/t11-,15?,19+/m1/s1. The number of carbonyl (C=O) groups is 4. The largest absolute Gasteiger partial charge is 0.478 e. The van der Waals surface area contributed by atoms with Gasteiger partial charge in [-0.2, -0.15) is 4.98 Å². The van der Waals surface area contributed by atoms with Gasteiger partial charge in [0.15, 0.2) is 10.8 Å². The highest BCUT2D eigenvalue weighted by atomic mass is 32.2. The van der Waals surface area contributed by atoms with E-state index < -0.39 is 41.3 Å². The second-order valence-corrected chi connectivity index (χ2v) is 12.2. The van der Waals surface area contributed by atoms with Crippen molar-refractivity contribution in [3.05, 3.63) is 34.7 Å². The highest BCUT2D eigenvalue weighted by Gasteiger charge is 2.54. The van der Waals surface area contributed by atoms with E-state index in [1.165, 1.54) is 28.9 Å². The number of hydrogen-bond donors (Lipinski definition) is 5. The quantitative estimate of drug-likeness (QED) is 0.0430. The number of anilines is 2. The van der Waals surface area contributed by atoms with Gasteiger partial charge in [0.05, 0.1) is 13.1 Å². The number of carboxylic acids is 2. The van der Waals surface area contributed by atoms with E-state index in [9.17, 15) is 29.4 Å². The van der Waals surface area contributed by atoms with Gasteiger partial charge >= 0.3 is 11.9 Å². The lowest BCUT2D eigenvalue weighted by Crippen LogP contribution is -2.71. The maximum Gasteiger partial charge on any atom is 0.352 e. The number of aliphatic carboxylic acids is 2. The van der Waals surface area contributed by atoms with Gasteiger partial charge in [-0.1, -0.05) is 23.8 Å². The molecule has 5 rings (SSSR count). The number of nitrogens with two attached hydrogens (primary N) is 2. The molecule has 3 atom stereocenters. The number of amides is 2. The predicted molar refractivity (Wildman–Crippen MR) is 155 cm³/mol. The summed E-state index contributed by atoms with van der Waals surface area (Å²) in [5, 5.41) is 31.2. The molecule has 43 heavy (non-hydrogen) atoms. The van der Waals surface area contributed by atoms with Crippen LogP contribution in [0, 0.1) is 0 Å². The van der Waals surface area contributed by atoms with Crippen LogP contribution in [0.3, 0.4) is 0 Å². The zero-order valence-electron chi connectivity index (χ0n) is 22.5. The molecule has 0 aromatic carbocycles. The number of aromatic nitrogens is 5. The number of carbonyl (C=O) groups excluding carboxylic acids is 2. The first-order chi connectivity index (χ1) is 20.5. The molecule has 3 aromatic rings. The van der Waals surface area contributed by atoms with E-state index in [1.54, 1.807) is 35.4 Å². The van der Waals surface area contributed by atoms with Crippen LogP contribution in [-0.4, -0.2) is 93.2 Å². The minimum absolute atomic E-state index is 0.0284. The molecular formula is C23H25N10O7S3+. The van der Waals surface area contributed by atoms with Gasteiger partial charge < -0.3 is 31.8 Å². The van der Waals surface area contributed by atoms with Gasteiger partial charge in [0, 0.05) is 22.0 Å². The van der Waals surface area contributed by atoms with Crippen LogP contribution in [0.5, 0.6) is 0 Å². The number of aryl methyl sites for hydroxylation is 1. The van der Waals surface area contributed by atoms with Crippen molar-refractivity contribution < 1.29 is 38.8 Å². The molecule has 0 radical (unpaired) electrons. The molecule has 20 heteroatoms. The highest BCUT2D eigenvalue weighted by molar-refractivity contribution is 8.01. The molecule has 1 unspecified atom stereocenters. The number of thiazole rings is 1. The molecule has 5 heterocycles. The number of thioether (sulfide) groups is 2. The van der Waals surface area contributed by atoms with Crippen molar-refractivity contribution in [2.24, 2.45) is 12.2 Å². The number of carboxylic acid groups (broad SMARTS) is 2. The zero-order chi connectivity index (χ0) is 31.0.